The maximum absolute atomic E-state index is 9.27. The minimum absolute atomic E-state index is 0.0857. The van der Waals surface area contributed by atoms with E-state index in [-0.39, 0.29) is 12.2 Å². The van der Waals surface area contributed by atoms with Crippen LogP contribution < -0.4 is 0 Å². The highest BCUT2D eigenvalue weighted by atomic mass is 16.3. The maximum atomic E-state index is 9.27. The minimum Gasteiger partial charge on any atom is -0.396 e. The quantitative estimate of drug-likeness (QED) is 0.255. The molecule has 0 aliphatic heterocycles. The van der Waals surface area contributed by atoms with E-state index in [1.54, 1.807) is 0 Å². The van der Waals surface area contributed by atoms with Gasteiger partial charge in [-0.1, -0.05) is 78.1 Å². The van der Waals surface area contributed by atoms with Crippen molar-refractivity contribution in [2.24, 2.45) is 0 Å². The van der Waals surface area contributed by atoms with Gasteiger partial charge in [0.05, 0.1) is 12.2 Å². The minimum atomic E-state index is -0.0857. The van der Waals surface area contributed by atoms with Gasteiger partial charge in [0.2, 0.25) is 0 Å². The third-order valence-corrected chi connectivity index (χ3v) is 4.83. The van der Waals surface area contributed by atoms with E-state index in [4.69, 9.17) is 10.2 Å². The van der Waals surface area contributed by atoms with E-state index in [0.717, 1.165) is 64.2 Å². The van der Waals surface area contributed by atoms with E-state index in [1.165, 1.54) is 38.5 Å². The zero-order valence-corrected chi connectivity index (χ0v) is 17.7. The second kappa shape index (κ2) is 24.8. The van der Waals surface area contributed by atoms with Crippen molar-refractivity contribution in [3.63, 3.8) is 0 Å². The van der Waals surface area contributed by atoms with Crippen LogP contribution in [0.25, 0.3) is 0 Å². The van der Waals surface area contributed by atoms with Crippen molar-refractivity contribution < 1.29 is 20.4 Å². The molecule has 26 heavy (non-hydrogen) atoms. The lowest BCUT2D eigenvalue weighted by Crippen LogP contribution is -2.03. The predicted molar refractivity (Wildman–Crippen MR) is 111 cm³/mol. The second-order valence-corrected chi connectivity index (χ2v) is 7.39. The van der Waals surface area contributed by atoms with Gasteiger partial charge in [-0.15, -0.1) is 0 Å². The Hall–Kier alpha value is -0.160. The van der Waals surface area contributed by atoms with Crippen molar-refractivity contribution in [3.8, 4) is 0 Å². The van der Waals surface area contributed by atoms with Gasteiger partial charge >= 0.3 is 0 Å². The van der Waals surface area contributed by atoms with Crippen molar-refractivity contribution in [1.82, 2.24) is 0 Å². The molecule has 0 aromatic carbocycles. The molecule has 0 aromatic rings. The largest absolute Gasteiger partial charge is 0.396 e. The third kappa shape index (κ3) is 26.1. The van der Waals surface area contributed by atoms with Crippen molar-refractivity contribution in [2.75, 3.05) is 13.2 Å². The van der Waals surface area contributed by atoms with Crippen LogP contribution in [-0.4, -0.2) is 45.8 Å². The third-order valence-electron chi connectivity index (χ3n) is 4.83. The van der Waals surface area contributed by atoms with Crippen LogP contribution >= 0.6 is 0 Å². The molecule has 4 nitrogen and oxygen atoms in total. The molecule has 0 spiro atoms. The Bertz CT molecular complexity index is 212. The number of unbranched alkanes of at least 4 members (excludes halogenated alkanes) is 10. The molecule has 4 heteroatoms. The lowest BCUT2D eigenvalue weighted by molar-refractivity contribution is 0.156. The van der Waals surface area contributed by atoms with E-state index in [0.29, 0.717) is 13.2 Å². The molecule has 0 saturated heterocycles. The summed E-state index contributed by atoms with van der Waals surface area (Å²) in [5.41, 5.74) is 0. The molecule has 0 saturated carbocycles. The lowest BCUT2D eigenvalue weighted by Gasteiger charge is -2.06. The van der Waals surface area contributed by atoms with Crippen LogP contribution in [0.15, 0.2) is 0 Å². The number of hydrogen-bond donors (Lipinski definition) is 4. The predicted octanol–water partition coefficient (Wildman–Crippen LogP) is 4.96. The van der Waals surface area contributed by atoms with E-state index < -0.39 is 0 Å². The molecule has 0 aromatic heterocycles. The molecular formula is C22H48O4. The fourth-order valence-electron chi connectivity index (χ4n) is 2.81. The van der Waals surface area contributed by atoms with Crippen LogP contribution in [0.1, 0.15) is 117 Å². The highest BCUT2D eigenvalue weighted by Gasteiger charge is 2.00. The van der Waals surface area contributed by atoms with Crippen molar-refractivity contribution in [1.29, 1.82) is 0 Å². The van der Waals surface area contributed by atoms with Gasteiger partial charge in [-0.3, -0.25) is 0 Å². The van der Waals surface area contributed by atoms with Gasteiger partial charge in [-0.05, 0) is 38.5 Å². The summed E-state index contributed by atoms with van der Waals surface area (Å²) >= 11 is 0. The van der Waals surface area contributed by atoms with E-state index >= 15 is 0 Å². The molecule has 0 aliphatic rings. The van der Waals surface area contributed by atoms with Crippen molar-refractivity contribution in [3.05, 3.63) is 0 Å². The van der Waals surface area contributed by atoms with Gasteiger partial charge in [0.15, 0.2) is 0 Å². The zero-order valence-electron chi connectivity index (χ0n) is 17.7. The van der Waals surface area contributed by atoms with E-state index in [1.807, 2.05) is 13.8 Å². The van der Waals surface area contributed by atoms with Gasteiger partial charge < -0.3 is 20.4 Å². The second-order valence-electron chi connectivity index (χ2n) is 7.39. The van der Waals surface area contributed by atoms with E-state index in [2.05, 4.69) is 0 Å². The van der Waals surface area contributed by atoms with Crippen LogP contribution in [0, 0.1) is 0 Å². The standard InChI is InChI=1S/2C11H24O2/c2*1-2-11(13)9-7-5-3-4-6-8-10-12/h2*11-13H,2-10H2,1H3. The zero-order chi connectivity index (χ0) is 19.9. The summed E-state index contributed by atoms with van der Waals surface area (Å²) in [6.07, 6.45) is 17.4. The van der Waals surface area contributed by atoms with Gasteiger partial charge in [-0.2, -0.15) is 0 Å². The molecule has 0 radical (unpaired) electrons. The summed E-state index contributed by atoms with van der Waals surface area (Å²) < 4.78 is 0. The fraction of sp³-hybridized carbons (Fsp3) is 1.00. The molecular weight excluding hydrogens is 328 g/mol. The number of aliphatic hydroxyl groups is 4. The molecule has 2 atom stereocenters. The Balaban J connectivity index is 0. The smallest absolute Gasteiger partial charge is 0.0537 e. The van der Waals surface area contributed by atoms with Crippen molar-refractivity contribution in [2.45, 2.75) is 129 Å². The first-order chi connectivity index (χ1) is 12.6. The first-order valence-electron chi connectivity index (χ1n) is 11.2. The highest BCUT2D eigenvalue weighted by Crippen LogP contribution is 2.10. The lowest BCUT2D eigenvalue weighted by atomic mass is 10.1. The SMILES string of the molecule is CCC(O)CCCCCCCCO.CCC(O)CCCCCCCCO. The van der Waals surface area contributed by atoms with Crippen LogP contribution in [0.4, 0.5) is 0 Å². The molecule has 160 valence electrons. The van der Waals surface area contributed by atoms with Crippen LogP contribution in [0.5, 0.6) is 0 Å². The number of rotatable bonds is 18. The average molecular weight is 377 g/mol. The summed E-state index contributed by atoms with van der Waals surface area (Å²) in [5.74, 6) is 0. The summed E-state index contributed by atoms with van der Waals surface area (Å²) in [6, 6.07) is 0. The van der Waals surface area contributed by atoms with Gasteiger partial charge in [0.25, 0.3) is 0 Å². The van der Waals surface area contributed by atoms with Crippen molar-refractivity contribution >= 4 is 0 Å². The molecule has 2 unspecified atom stereocenters. The molecule has 4 N–H and O–H groups in total. The fourth-order valence-corrected chi connectivity index (χ4v) is 2.81. The summed E-state index contributed by atoms with van der Waals surface area (Å²) in [5, 5.41) is 35.6. The Morgan fingerprint density at radius 1 is 0.462 bits per heavy atom. The Kier molecular flexibility index (Phi) is 26.8. The summed E-state index contributed by atoms with van der Waals surface area (Å²) in [7, 11) is 0. The van der Waals surface area contributed by atoms with Crippen LogP contribution in [-0.2, 0) is 0 Å². The molecule has 0 amide bonds. The van der Waals surface area contributed by atoms with Crippen LogP contribution in [0.3, 0.4) is 0 Å². The number of hydrogen-bond acceptors (Lipinski definition) is 4. The van der Waals surface area contributed by atoms with E-state index in [9.17, 15) is 10.2 Å². The Morgan fingerprint density at radius 3 is 1.00 bits per heavy atom. The highest BCUT2D eigenvalue weighted by molar-refractivity contribution is 4.54. The van der Waals surface area contributed by atoms with Gasteiger partial charge in [0.1, 0.15) is 0 Å². The number of aliphatic hydroxyl groups excluding tert-OH is 4. The normalized spacial score (nSPS) is 13.2. The average Bonchev–Trinajstić information content (AvgIpc) is 2.66. The monoisotopic (exact) mass is 376 g/mol. The summed E-state index contributed by atoms with van der Waals surface area (Å²) in [4.78, 5) is 0. The van der Waals surface area contributed by atoms with Crippen LogP contribution in [0.2, 0.25) is 0 Å². The maximum Gasteiger partial charge on any atom is 0.0537 e. The Morgan fingerprint density at radius 2 is 0.731 bits per heavy atom. The molecule has 0 bridgehead atoms. The first kappa shape index (κ1) is 28.1. The topological polar surface area (TPSA) is 80.9 Å². The molecule has 0 rings (SSSR count). The molecule has 0 fully saturated rings. The first-order valence-corrected chi connectivity index (χ1v) is 11.2. The Labute approximate surface area is 163 Å². The summed E-state index contributed by atoms with van der Waals surface area (Å²) in [6.45, 7) is 4.70. The molecule has 0 aliphatic carbocycles. The van der Waals surface area contributed by atoms with Gasteiger partial charge in [-0.25, -0.2) is 0 Å². The van der Waals surface area contributed by atoms with Gasteiger partial charge in [0, 0.05) is 13.2 Å². The molecule has 0 heterocycles.